The summed E-state index contributed by atoms with van der Waals surface area (Å²) >= 11 is 0. The molecule has 16 heavy (non-hydrogen) atoms. The maximum absolute atomic E-state index is 11.6. The third-order valence-electron chi connectivity index (χ3n) is 2.59. The maximum Gasteiger partial charge on any atom is 0.228 e. The lowest BCUT2D eigenvalue weighted by Gasteiger charge is -2.15. The molecule has 1 heterocycles. The second-order valence-corrected chi connectivity index (χ2v) is 3.70. The van der Waals surface area contributed by atoms with E-state index in [9.17, 15) is 4.79 Å². The fourth-order valence-electron chi connectivity index (χ4n) is 1.79. The number of nitrogens with zero attached hydrogens (tertiary/aromatic N) is 3. The Bertz CT molecular complexity index is 510. The van der Waals surface area contributed by atoms with Crippen molar-refractivity contribution in [2.24, 2.45) is 5.92 Å². The minimum atomic E-state index is -0.238. The van der Waals surface area contributed by atoms with Gasteiger partial charge in [0.25, 0.3) is 0 Å². The molecule has 0 saturated carbocycles. The van der Waals surface area contributed by atoms with E-state index in [-0.39, 0.29) is 18.2 Å². The number of nitriles is 2. The van der Waals surface area contributed by atoms with Crippen LogP contribution in [0.5, 0.6) is 0 Å². The zero-order chi connectivity index (χ0) is 11.5. The summed E-state index contributed by atoms with van der Waals surface area (Å²) in [4.78, 5) is 13.2. The molecule has 1 aliphatic heterocycles. The van der Waals surface area contributed by atoms with E-state index >= 15 is 0 Å². The molecular formula is C12H9N3O. The molecule has 1 aromatic rings. The van der Waals surface area contributed by atoms with E-state index in [2.05, 4.69) is 6.07 Å². The van der Waals surface area contributed by atoms with Gasteiger partial charge in [-0.3, -0.25) is 4.79 Å². The van der Waals surface area contributed by atoms with Crippen LogP contribution in [0.15, 0.2) is 24.3 Å². The Morgan fingerprint density at radius 1 is 1.38 bits per heavy atom. The molecular weight excluding hydrogens is 202 g/mol. The van der Waals surface area contributed by atoms with E-state index in [0.717, 1.165) is 0 Å². The highest BCUT2D eigenvalue weighted by atomic mass is 16.2. The molecule has 1 saturated heterocycles. The van der Waals surface area contributed by atoms with Crippen LogP contribution in [0.2, 0.25) is 0 Å². The van der Waals surface area contributed by atoms with Gasteiger partial charge in [-0.2, -0.15) is 10.5 Å². The van der Waals surface area contributed by atoms with Gasteiger partial charge in [-0.15, -0.1) is 0 Å². The monoisotopic (exact) mass is 211 g/mol. The molecule has 78 valence electrons. The van der Waals surface area contributed by atoms with Gasteiger partial charge in [-0.05, 0) is 18.2 Å². The van der Waals surface area contributed by atoms with Gasteiger partial charge in [-0.25, -0.2) is 0 Å². The Morgan fingerprint density at radius 3 is 2.81 bits per heavy atom. The Kier molecular flexibility index (Phi) is 2.57. The largest absolute Gasteiger partial charge is 0.311 e. The first kappa shape index (κ1) is 10.2. The Morgan fingerprint density at radius 2 is 2.19 bits per heavy atom. The lowest BCUT2D eigenvalue weighted by Crippen LogP contribution is -2.24. The Hall–Kier alpha value is -2.33. The van der Waals surface area contributed by atoms with Crippen molar-refractivity contribution in [2.75, 3.05) is 11.4 Å². The van der Waals surface area contributed by atoms with Gasteiger partial charge < -0.3 is 4.90 Å². The van der Waals surface area contributed by atoms with Gasteiger partial charge in [0.15, 0.2) is 0 Å². The summed E-state index contributed by atoms with van der Waals surface area (Å²) in [6, 6.07) is 11.0. The average Bonchev–Trinajstić information content (AvgIpc) is 2.71. The molecule has 0 aromatic heterocycles. The van der Waals surface area contributed by atoms with Crippen LogP contribution in [0.4, 0.5) is 5.69 Å². The highest BCUT2D eigenvalue weighted by molar-refractivity contribution is 5.96. The number of hydrogen-bond donors (Lipinski definition) is 0. The Labute approximate surface area is 93.3 Å². The van der Waals surface area contributed by atoms with E-state index in [1.165, 1.54) is 0 Å². The third-order valence-corrected chi connectivity index (χ3v) is 2.59. The van der Waals surface area contributed by atoms with Crippen molar-refractivity contribution < 1.29 is 4.79 Å². The van der Waals surface area contributed by atoms with Crippen molar-refractivity contribution in [3.63, 3.8) is 0 Å². The summed E-state index contributed by atoms with van der Waals surface area (Å²) in [6.45, 7) is 0.421. The van der Waals surface area contributed by atoms with Crippen LogP contribution in [0.3, 0.4) is 0 Å². The van der Waals surface area contributed by atoms with E-state index < -0.39 is 0 Å². The van der Waals surface area contributed by atoms with E-state index in [0.29, 0.717) is 17.8 Å². The van der Waals surface area contributed by atoms with Gasteiger partial charge in [-0.1, -0.05) is 6.07 Å². The summed E-state index contributed by atoms with van der Waals surface area (Å²) in [5.74, 6) is -0.292. The quantitative estimate of drug-likeness (QED) is 0.705. The molecule has 1 unspecified atom stereocenters. The summed E-state index contributed by atoms with van der Waals surface area (Å²) in [6.07, 6.45) is 0.271. The second kappa shape index (κ2) is 4.04. The zero-order valence-corrected chi connectivity index (χ0v) is 8.55. The maximum atomic E-state index is 11.6. The first-order valence-electron chi connectivity index (χ1n) is 4.94. The fraction of sp³-hybridized carbons (Fsp3) is 0.250. The first-order chi connectivity index (χ1) is 7.74. The molecule has 0 bridgehead atoms. The molecule has 0 spiro atoms. The van der Waals surface area contributed by atoms with Gasteiger partial charge in [0.2, 0.25) is 5.91 Å². The topological polar surface area (TPSA) is 67.9 Å². The normalized spacial score (nSPS) is 19.2. The molecule has 4 heteroatoms. The number of benzene rings is 1. The van der Waals surface area contributed by atoms with Crippen LogP contribution in [-0.4, -0.2) is 12.5 Å². The van der Waals surface area contributed by atoms with Crippen LogP contribution in [-0.2, 0) is 4.79 Å². The molecule has 2 rings (SSSR count). The van der Waals surface area contributed by atoms with Crippen molar-refractivity contribution in [1.82, 2.24) is 0 Å². The van der Waals surface area contributed by atoms with Crippen LogP contribution in [0.25, 0.3) is 0 Å². The molecule has 0 N–H and O–H groups in total. The van der Waals surface area contributed by atoms with Gasteiger partial charge >= 0.3 is 0 Å². The average molecular weight is 211 g/mol. The predicted octanol–water partition coefficient (Wildman–Crippen LogP) is 1.43. The van der Waals surface area contributed by atoms with Crippen LogP contribution in [0.1, 0.15) is 12.0 Å². The number of amides is 1. The molecule has 0 radical (unpaired) electrons. The Balaban J connectivity index is 2.29. The van der Waals surface area contributed by atoms with Crippen LogP contribution >= 0.6 is 0 Å². The highest BCUT2D eigenvalue weighted by Crippen LogP contribution is 2.25. The van der Waals surface area contributed by atoms with Crippen molar-refractivity contribution >= 4 is 11.6 Å². The lowest BCUT2D eigenvalue weighted by atomic mass is 10.1. The fourth-order valence-corrected chi connectivity index (χ4v) is 1.79. The van der Waals surface area contributed by atoms with Gasteiger partial charge in [0.05, 0.1) is 23.6 Å². The summed E-state index contributed by atoms with van der Waals surface area (Å²) in [5, 5.41) is 17.5. The third kappa shape index (κ3) is 1.74. The standard InChI is InChI=1S/C12H9N3O/c13-6-9-2-1-3-11(4-9)15-8-10(7-14)5-12(15)16/h1-4,10H,5,8H2. The lowest BCUT2D eigenvalue weighted by molar-refractivity contribution is -0.117. The van der Waals surface area contributed by atoms with E-state index in [4.69, 9.17) is 10.5 Å². The predicted molar refractivity (Wildman–Crippen MR) is 57.2 cm³/mol. The van der Waals surface area contributed by atoms with Gasteiger partial charge in [0.1, 0.15) is 0 Å². The second-order valence-electron chi connectivity index (χ2n) is 3.70. The molecule has 1 atom stereocenters. The van der Waals surface area contributed by atoms with E-state index in [1.807, 2.05) is 6.07 Å². The molecule has 1 fully saturated rings. The van der Waals surface area contributed by atoms with Crippen molar-refractivity contribution in [2.45, 2.75) is 6.42 Å². The smallest absolute Gasteiger partial charge is 0.228 e. The van der Waals surface area contributed by atoms with E-state index in [1.54, 1.807) is 29.2 Å². The first-order valence-corrected chi connectivity index (χ1v) is 4.94. The summed E-state index contributed by atoms with van der Waals surface area (Å²) in [5.41, 5.74) is 1.22. The number of anilines is 1. The van der Waals surface area contributed by atoms with Crippen LogP contribution < -0.4 is 4.90 Å². The molecule has 1 aromatic carbocycles. The zero-order valence-electron chi connectivity index (χ0n) is 8.55. The molecule has 1 amide bonds. The molecule has 4 nitrogen and oxygen atoms in total. The minimum Gasteiger partial charge on any atom is -0.311 e. The summed E-state index contributed by atoms with van der Waals surface area (Å²) < 4.78 is 0. The van der Waals surface area contributed by atoms with Crippen molar-refractivity contribution in [1.29, 1.82) is 10.5 Å². The highest BCUT2D eigenvalue weighted by Gasteiger charge is 2.30. The minimum absolute atomic E-state index is 0.0540. The number of carbonyl (C=O) groups is 1. The number of carbonyl (C=O) groups excluding carboxylic acids is 1. The van der Waals surface area contributed by atoms with Gasteiger partial charge in [0, 0.05) is 18.7 Å². The van der Waals surface area contributed by atoms with Crippen molar-refractivity contribution in [3.05, 3.63) is 29.8 Å². The number of rotatable bonds is 1. The number of hydrogen-bond acceptors (Lipinski definition) is 3. The molecule has 1 aliphatic rings. The molecule has 0 aliphatic carbocycles. The van der Waals surface area contributed by atoms with Crippen molar-refractivity contribution in [3.8, 4) is 12.1 Å². The summed E-state index contributed by atoms with van der Waals surface area (Å²) in [7, 11) is 0. The van der Waals surface area contributed by atoms with Crippen LogP contribution in [0, 0.1) is 28.6 Å². The SMILES string of the molecule is N#Cc1cccc(N2CC(C#N)CC2=O)c1.